The maximum atomic E-state index is 4.60. The Balaban J connectivity index is 1.58. The van der Waals surface area contributed by atoms with E-state index in [0.717, 1.165) is 0 Å². The Morgan fingerprint density at radius 2 is 1.19 bits per heavy atom. The zero-order valence-corrected chi connectivity index (χ0v) is 21.1. The highest BCUT2D eigenvalue weighted by Gasteiger charge is 2.18. The fourth-order valence-electron chi connectivity index (χ4n) is 5.84. The van der Waals surface area contributed by atoms with Crippen LogP contribution >= 0.6 is 0 Å². The van der Waals surface area contributed by atoms with Gasteiger partial charge in [-0.05, 0) is 83.6 Å². The molecule has 1 aromatic heterocycles. The fourth-order valence-corrected chi connectivity index (χ4v) is 5.84. The second-order valence-electron chi connectivity index (χ2n) is 10.2. The van der Waals surface area contributed by atoms with Crippen LogP contribution in [0.15, 0.2) is 122 Å². The smallest absolute Gasteiger partial charge is 0.0353 e. The van der Waals surface area contributed by atoms with Gasteiger partial charge in [0.05, 0.1) is 0 Å². The second-order valence-corrected chi connectivity index (χ2v) is 10.2. The largest absolute Gasteiger partial charge is 0.264 e. The summed E-state index contributed by atoms with van der Waals surface area (Å²) in [6.07, 6.45) is 3.96. The molecule has 0 fully saturated rings. The Morgan fingerprint density at radius 1 is 0.514 bits per heavy atom. The molecule has 7 rings (SSSR count). The summed E-state index contributed by atoms with van der Waals surface area (Å²) in [5, 5.41) is 10.0. The van der Waals surface area contributed by atoms with Gasteiger partial charge in [-0.25, -0.2) is 0 Å². The molecule has 0 unspecified atom stereocenters. The van der Waals surface area contributed by atoms with Gasteiger partial charge >= 0.3 is 0 Å². The molecule has 0 aliphatic heterocycles. The zero-order chi connectivity index (χ0) is 24.9. The molecular formula is C36H27N. The molecule has 37 heavy (non-hydrogen) atoms. The summed E-state index contributed by atoms with van der Waals surface area (Å²) in [7, 11) is 0. The Hall–Kier alpha value is -4.49. The van der Waals surface area contributed by atoms with E-state index in [4.69, 9.17) is 0 Å². The van der Waals surface area contributed by atoms with Crippen molar-refractivity contribution in [2.75, 3.05) is 0 Å². The molecule has 0 spiro atoms. The summed E-state index contributed by atoms with van der Waals surface area (Å²) in [6.45, 7) is 4.50. The molecule has 7 aromatic rings. The van der Waals surface area contributed by atoms with E-state index >= 15 is 0 Å². The molecule has 1 heteroatoms. The van der Waals surface area contributed by atoms with Crippen LogP contribution in [0.25, 0.3) is 65.3 Å². The average Bonchev–Trinajstić information content (AvgIpc) is 2.95. The van der Waals surface area contributed by atoms with Gasteiger partial charge in [-0.2, -0.15) is 0 Å². The standard InChI is InChI=1S/C36H27N/c1-23(2)25-14-15-27-21-28(17-16-26(27)20-25)35-31-11-5-6-12-32(31)36(33-18-19-37-22-34(33)35)30-13-7-9-24-8-3-4-10-29(24)30/h3-23H,1-2H3. The van der Waals surface area contributed by atoms with E-state index in [-0.39, 0.29) is 0 Å². The second kappa shape index (κ2) is 8.57. The number of benzene rings is 6. The van der Waals surface area contributed by atoms with Gasteiger partial charge in [0.2, 0.25) is 0 Å². The molecule has 0 atom stereocenters. The zero-order valence-electron chi connectivity index (χ0n) is 21.1. The first-order valence-corrected chi connectivity index (χ1v) is 13.0. The van der Waals surface area contributed by atoms with Crippen LogP contribution in [0, 0.1) is 0 Å². The predicted molar refractivity (Wildman–Crippen MR) is 159 cm³/mol. The Kier molecular flexibility index (Phi) is 5.04. The first kappa shape index (κ1) is 21.8. The lowest BCUT2D eigenvalue weighted by atomic mass is 9.85. The van der Waals surface area contributed by atoms with Gasteiger partial charge in [0.25, 0.3) is 0 Å². The van der Waals surface area contributed by atoms with Crippen LogP contribution in [-0.4, -0.2) is 4.98 Å². The monoisotopic (exact) mass is 473 g/mol. The van der Waals surface area contributed by atoms with Gasteiger partial charge in [-0.3, -0.25) is 4.98 Å². The maximum absolute atomic E-state index is 4.60. The van der Waals surface area contributed by atoms with E-state index in [1.807, 2.05) is 12.4 Å². The summed E-state index contributed by atoms with van der Waals surface area (Å²) in [5.41, 5.74) is 6.38. The summed E-state index contributed by atoms with van der Waals surface area (Å²) in [4.78, 5) is 4.60. The third kappa shape index (κ3) is 3.50. The topological polar surface area (TPSA) is 12.9 Å². The third-order valence-electron chi connectivity index (χ3n) is 7.70. The number of pyridine rings is 1. The van der Waals surface area contributed by atoms with Gasteiger partial charge in [-0.1, -0.05) is 111 Å². The van der Waals surface area contributed by atoms with Crippen molar-refractivity contribution in [1.29, 1.82) is 0 Å². The van der Waals surface area contributed by atoms with Crippen LogP contribution in [0.3, 0.4) is 0 Å². The molecule has 0 radical (unpaired) electrons. The molecule has 6 aromatic carbocycles. The van der Waals surface area contributed by atoms with Gasteiger partial charge in [0, 0.05) is 17.8 Å². The molecule has 0 aliphatic carbocycles. The first-order valence-electron chi connectivity index (χ1n) is 13.0. The van der Waals surface area contributed by atoms with Crippen LogP contribution in [0.4, 0.5) is 0 Å². The molecule has 1 nitrogen and oxygen atoms in total. The number of hydrogen-bond donors (Lipinski definition) is 0. The van der Waals surface area contributed by atoms with Gasteiger partial charge < -0.3 is 0 Å². The van der Waals surface area contributed by atoms with Gasteiger partial charge in [0.1, 0.15) is 0 Å². The number of nitrogens with zero attached hydrogens (tertiary/aromatic N) is 1. The SMILES string of the molecule is CC(C)c1ccc2cc(-c3c4ccccc4c(-c4cccc5ccccc45)c4ccncc34)ccc2c1. The van der Waals surface area contributed by atoms with Crippen molar-refractivity contribution in [1.82, 2.24) is 4.98 Å². The Bertz CT molecular complexity index is 1900. The molecule has 0 saturated heterocycles. The summed E-state index contributed by atoms with van der Waals surface area (Å²) < 4.78 is 0. The van der Waals surface area contributed by atoms with Crippen LogP contribution in [0.2, 0.25) is 0 Å². The summed E-state index contributed by atoms with van der Waals surface area (Å²) in [6, 6.07) is 40.0. The van der Waals surface area contributed by atoms with Crippen molar-refractivity contribution >= 4 is 43.1 Å². The first-order chi connectivity index (χ1) is 18.2. The van der Waals surface area contributed by atoms with Crippen LogP contribution in [0.5, 0.6) is 0 Å². The van der Waals surface area contributed by atoms with Gasteiger partial charge in [-0.15, -0.1) is 0 Å². The third-order valence-corrected chi connectivity index (χ3v) is 7.70. The highest BCUT2D eigenvalue weighted by atomic mass is 14.6. The lowest BCUT2D eigenvalue weighted by Gasteiger charge is -2.19. The van der Waals surface area contributed by atoms with Crippen molar-refractivity contribution in [2.24, 2.45) is 0 Å². The quantitative estimate of drug-likeness (QED) is 0.233. The molecule has 1 heterocycles. The molecule has 0 N–H and O–H groups in total. The van der Waals surface area contributed by atoms with E-state index in [2.05, 4.69) is 128 Å². The maximum Gasteiger partial charge on any atom is 0.0353 e. The van der Waals surface area contributed by atoms with Crippen LogP contribution in [-0.2, 0) is 0 Å². The molecular weight excluding hydrogens is 446 g/mol. The minimum atomic E-state index is 0.518. The minimum absolute atomic E-state index is 0.518. The Labute approximate surface area is 217 Å². The fraction of sp³-hybridized carbons (Fsp3) is 0.0833. The number of fused-ring (bicyclic) bond motifs is 4. The van der Waals surface area contributed by atoms with Crippen molar-refractivity contribution in [2.45, 2.75) is 19.8 Å². The highest BCUT2D eigenvalue weighted by Crippen LogP contribution is 2.45. The lowest BCUT2D eigenvalue weighted by Crippen LogP contribution is -1.92. The van der Waals surface area contributed by atoms with E-state index < -0.39 is 0 Å². The lowest BCUT2D eigenvalue weighted by molar-refractivity contribution is 0.869. The van der Waals surface area contributed by atoms with Crippen molar-refractivity contribution < 1.29 is 0 Å². The summed E-state index contributed by atoms with van der Waals surface area (Å²) in [5.74, 6) is 0.518. The van der Waals surface area contributed by atoms with Crippen molar-refractivity contribution in [3.8, 4) is 22.3 Å². The van der Waals surface area contributed by atoms with Gasteiger partial charge in [0.15, 0.2) is 0 Å². The molecule has 0 saturated carbocycles. The van der Waals surface area contributed by atoms with Crippen LogP contribution < -0.4 is 0 Å². The van der Waals surface area contributed by atoms with E-state index in [9.17, 15) is 0 Å². The normalized spacial score (nSPS) is 11.8. The molecule has 176 valence electrons. The van der Waals surface area contributed by atoms with Crippen molar-refractivity contribution in [3.63, 3.8) is 0 Å². The number of aromatic nitrogens is 1. The highest BCUT2D eigenvalue weighted by molar-refractivity contribution is 6.23. The average molecular weight is 474 g/mol. The Morgan fingerprint density at radius 3 is 2.03 bits per heavy atom. The molecule has 0 aliphatic rings. The molecule has 0 amide bonds. The van der Waals surface area contributed by atoms with Crippen LogP contribution in [0.1, 0.15) is 25.3 Å². The summed E-state index contributed by atoms with van der Waals surface area (Å²) >= 11 is 0. The predicted octanol–water partition coefficient (Wildman–Crippen LogP) is 10.2. The van der Waals surface area contributed by atoms with E-state index in [1.54, 1.807) is 0 Å². The molecule has 0 bridgehead atoms. The van der Waals surface area contributed by atoms with Crippen molar-refractivity contribution in [3.05, 3.63) is 127 Å². The van der Waals surface area contributed by atoms with E-state index in [0.29, 0.717) is 5.92 Å². The number of hydrogen-bond acceptors (Lipinski definition) is 1. The van der Waals surface area contributed by atoms with E-state index in [1.165, 1.54) is 70.9 Å². The number of rotatable bonds is 3. The minimum Gasteiger partial charge on any atom is -0.264 e.